The molecule has 19 heavy (non-hydrogen) atoms. The summed E-state index contributed by atoms with van der Waals surface area (Å²) < 4.78 is 13.6. The summed E-state index contributed by atoms with van der Waals surface area (Å²) in [4.78, 5) is 14.9. The zero-order valence-electron chi connectivity index (χ0n) is 10.8. The number of thioether (sulfide) groups is 1. The Bertz CT molecular complexity index is 612. The van der Waals surface area contributed by atoms with Crippen LogP contribution in [0.4, 0.5) is 4.39 Å². The Morgan fingerprint density at radius 2 is 2.26 bits per heavy atom. The molecular formula is C14H17FN2OS. The van der Waals surface area contributed by atoms with Crippen molar-refractivity contribution in [3.8, 4) is 0 Å². The molecule has 0 aliphatic heterocycles. The summed E-state index contributed by atoms with van der Waals surface area (Å²) in [5.41, 5.74) is 0.858. The molecule has 0 aliphatic rings. The first-order valence-corrected chi connectivity index (χ1v) is 7.62. The summed E-state index contributed by atoms with van der Waals surface area (Å²) in [6.45, 7) is 1.44. The van der Waals surface area contributed by atoms with Gasteiger partial charge in [-0.1, -0.05) is 6.07 Å². The number of hydrogen-bond donors (Lipinski definition) is 2. The molecule has 1 heterocycles. The molecule has 0 bridgehead atoms. The van der Waals surface area contributed by atoms with Crippen LogP contribution in [0.3, 0.4) is 0 Å². The number of benzene rings is 1. The van der Waals surface area contributed by atoms with Crippen molar-refractivity contribution < 1.29 is 4.39 Å². The Hall–Kier alpha value is -1.33. The van der Waals surface area contributed by atoms with Crippen LogP contribution in [0, 0.1) is 5.82 Å². The lowest BCUT2D eigenvalue weighted by molar-refractivity contribution is 0.633. The van der Waals surface area contributed by atoms with E-state index in [1.165, 1.54) is 12.1 Å². The highest BCUT2D eigenvalue weighted by molar-refractivity contribution is 7.98. The van der Waals surface area contributed by atoms with E-state index in [0.717, 1.165) is 18.7 Å². The second-order valence-corrected chi connectivity index (χ2v) is 5.33. The van der Waals surface area contributed by atoms with Crippen LogP contribution in [0.15, 0.2) is 29.1 Å². The first-order valence-electron chi connectivity index (χ1n) is 6.22. The second kappa shape index (κ2) is 6.73. The topological polar surface area (TPSA) is 44.9 Å². The Kier molecular flexibility index (Phi) is 4.99. The normalized spacial score (nSPS) is 11.1. The van der Waals surface area contributed by atoms with Crippen LogP contribution in [0.1, 0.15) is 12.1 Å². The van der Waals surface area contributed by atoms with Crippen molar-refractivity contribution in [2.24, 2.45) is 0 Å². The number of aromatic nitrogens is 1. The Balaban J connectivity index is 2.12. The zero-order chi connectivity index (χ0) is 13.7. The number of nitrogens with one attached hydrogen (secondary N) is 2. The first-order chi connectivity index (χ1) is 9.22. The molecule has 0 spiro atoms. The van der Waals surface area contributed by atoms with E-state index in [1.54, 1.807) is 23.9 Å². The number of hydrogen-bond acceptors (Lipinski definition) is 3. The standard InChI is InChI=1S/C14H17FN2OS/c1-19-7-3-6-16-9-10-8-13(18)11-4-2-5-12(15)14(11)17-10/h2,4-5,8,16H,3,6-7,9H2,1H3,(H,17,18). The molecule has 3 nitrogen and oxygen atoms in total. The number of halogens is 1. The third-order valence-electron chi connectivity index (χ3n) is 2.89. The molecule has 0 unspecified atom stereocenters. The Labute approximate surface area is 115 Å². The largest absolute Gasteiger partial charge is 0.355 e. The summed E-state index contributed by atoms with van der Waals surface area (Å²) in [6.07, 6.45) is 3.15. The number of H-pyrrole nitrogens is 1. The smallest absolute Gasteiger partial charge is 0.189 e. The number of aromatic amines is 1. The monoisotopic (exact) mass is 280 g/mol. The second-order valence-electron chi connectivity index (χ2n) is 4.34. The Morgan fingerprint density at radius 3 is 3.05 bits per heavy atom. The number of pyridine rings is 1. The lowest BCUT2D eigenvalue weighted by atomic mass is 10.2. The average Bonchev–Trinajstić information content (AvgIpc) is 2.40. The molecule has 0 amide bonds. The fourth-order valence-corrected chi connectivity index (χ4v) is 2.38. The fraction of sp³-hybridized carbons (Fsp3) is 0.357. The van der Waals surface area contributed by atoms with Crippen LogP contribution in [-0.2, 0) is 6.54 Å². The quantitative estimate of drug-likeness (QED) is 0.799. The molecular weight excluding hydrogens is 263 g/mol. The molecule has 0 aliphatic carbocycles. The van der Waals surface area contributed by atoms with Gasteiger partial charge in [-0.25, -0.2) is 4.39 Å². The molecule has 102 valence electrons. The molecule has 0 radical (unpaired) electrons. The minimum Gasteiger partial charge on any atom is -0.355 e. The van der Waals surface area contributed by atoms with Gasteiger partial charge in [0.1, 0.15) is 5.82 Å². The van der Waals surface area contributed by atoms with E-state index in [-0.39, 0.29) is 16.8 Å². The molecule has 0 atom stereocenters. The van der Waals surface area contributed by atoms with E-state index in [1.807, 2.05) is 0 Å². The van der Waals surface area contributed by atoms with Crippen molar-refractivity contribution in [3.05, 3.63) is 46.0 Å². The molecule has 5 heteroatoms. The van der Waals surface area contributed by atoms with Crippen molar-refractivity contribution in [3.63, 3.8) is 0 Å². The third-order valence-corrected chi connectivity index (χ3v) is 3.58. The van der Waals surface area contributed by atoms with Crippen LogP contribution in [0.2, 0.25) is 0 Å². The average molecular weight is 280 g/mol. The summed E-state index contributed by atoms with van der Waals surface area (Å²) in [7, 11) is 0. The summed E-state index contributed by atoms with van der Waals surface area (Å²) in [5.74, 6) is 0.717. The minimum atomic E-state index is -0.390. The SMILES string of the molecule is CSCCCNCc1cc(=O)c2cccc(F)c2[nH]1. The maximum Gasteiger partial charge on any atom is 0.189 e. The van der Waals surface area contributed by atoms with E-state index in [0.29, 0.717) is 17.6 Å². The van der Waals surface area contributed by atoms with Gasteiger partial charge < -0.3 is 10.3 Å². The van der Waals surface area contributed by atoms with Crippen LogP contribution < -0.4 is 10.7 Å². The van der Waals surface area contributed by atoms with Gasteiger partial charge in [0.2, 0.25) is 0 Å². The van der Waals surface area contributed by atoms with Crippen molar-refractivity contribution >= 4 is 22.7 Å². The predicted octanol–water partition coefficient (Wildman–Crippen LogP) is 2.51. The van der Waals surface area contributed by atoms with Gasteiger partial charge in [0.25, 0.3) is 0 Å². The molecule has 2 aromatic rings. The molecule has 2 N–H and O–H groups in total. The van der Waals surface area contributed by atoms with E-state index in [2.05, 4.69) is 16.6 Å². The number of para-hydroxylation sites is 1. The third kappa shape index (κ3) is 3.58. The summed E-state index contributed by atoms with van der Waals surface area (Å²) in [6, 6.07) is 6.07. The number of rotatable bonds is 6. The predicted molar refractivity (Wildman–Crippen MR) is 79.2 cm³/mol. The van der Waals surface area contributed by atoms with Gasteiger partial charge in [-0.05, 0) is 37.1 Å². The highest BCUT2D eigenvalue weighted by Gasteiger charge is 2.05. The maximum atomic E-state index is 13.6. The minimum absolute atomic E-state index is 0.144. The highest BCUT2D eigenvalue weighted by atomic mass is 32.2. The van der Waals surface area contributed by atoms with Gasteiger partial charge in [0.05, 0.1) is 5.52 Å². The Morgan fingerprint density at radius 1 is 1.42 bits per heavy atom. The molecule has 0 saturated heterocycles. The summed E-state index contributed by atoms with van der Waals surface area (Å²) >= 11 is 1.81. The van der Waals surface area contributed by atoms with Gasteiger partial charge in [0, 0.05) is 23.7 Å². The van der Waals surface area contributed by atoms with E-state index < -0.39 is 0 Å². The zero-order valence-corrected chi connectivity index (χ0v) is 11.6. The first kappa shape index (κ1) is 14.1. The lowest BCUT2D eigenvalue weighted by Gasteiger charge is -2.06. The highest BCUT2D eigenvalue weighted by Crippen LogP contribution is 2.12. The van der Waals surface area contributed by atoms with Gasteiger partial charge in [-0.3, -0.25) is 4.79 Å². The summed E-state index contributed by atoms with van der Waals surface area (Å²) in [5, 5.41) is 3.64. The fourth-order valence-electron chi connectivity index (χ4n) is 1.95. The molecule has 1 aromatic heterocycles. The molecule has 2 rings (SSSR count). The van der Waals surface area contributed by atoms with Crippen LogP contribution >= 0.6 is 11.8 Å². The van der Waals surface area contributed by atoms with Crippen molar-refractivity contribution in [1.82, 2.24) is 10.3 Å². The van der Waals surface area contributed by atoms with Crippen LogP contribution in [0.5, 0.6) is 0 Å². The van der Waals surface area contributed by atoms with Gasteiger partial charge in [-0.15, -0.1) is 0 Å². The number of fused-ring (bicyclic) bond motifs is 1. The molecule has 1 aromatic carbocycles. The van der Waals surface area contributed by atoms with Crippen LogP contribution in [0.25, 0.3) is 10.9 Å². The van der Waals surface area contributed by atoms with Crippen LogP contribution in [-0.4, -0.2) is 23.5 Å². The molecule has 0 saturated carbocycles. The van der Waals surface area contributed by atoms with Crippen molar-refractivity contribution in [2.45, 2.75) is 13.0 Å². The van der Waals surface area contributed by atoms with Gasteiger partial charge in [-0.2, -0.15) is 11.8 Å². The molecule has 0 fully saturated rings. The van der Waals surface area contributed by atoms with E-state index >= 15 is 0 Å². The van der Waals surface area contributed by atoms with Crippen molar-refractivity contribution in [1.29, 1.82) is 0 Å². The maximum absolute atomic E-state index is 13.6. The van der Waals surface area contributed by atoms with E-state index in [4.69, 9.17) is 0 Å². The van der Waals surface area contributed by atoms with E-state index in [9.17, 15) is 9.18 Å². The van der Waals surface area contributed by atoms with Crippen molar-refractivity contribution in [2.75, 3.05) is 18.6 Å². The van der Waals surface area contributed by atoms with Gasteiger partial charge in [0.15, 0.2) is 5.43 Å². The lowest BCUT2D eigenvalue weighted by Crippen LogP contribution is -2.18. The van der Waals surface area contributed by atoms with Gasteiger partial charge >= 0.3 is 0 Å².